The molecule has 1 N–H and O–H groups in total. The number of benzene rings is 2. The molecule has 0 bridgehead atoms. The van der Waals surface area contributed by atoms with Crippen molar-refractivity contribution in [3.05, 3.63) is 51.6 Å². The van der Waals surface area contributed by atoms with E-state index in [0.29, 0.717) is 34.9 Å². The van der Waals surface area contributed by atoms with Crippen LogP contribution < -0.4 is 19.5 Å². The molecule has 0 unspecified atom stereocenters. The van der Waals surface area contributed by atoms with Gasteiger partial charge in [0.2, 0.25) is 11.7 Å². The van der Waals surface area contributed by atoms with Crippen molar-refractivity contribution in [3.8, 4) is 17.2 Å². The number of hydrogen-bond acceptors (Lipinski definition) is 6. The minimum atomic E-state index is -0.471. The highest BCUT2D eigenvalue weighted by Crippen LogP contribution is 2.38. The van der Waals surface area contributed by atoms with Crippen LogP contribution in [0.4, 0.5) is 11.4 Å². The van der Waals surface area contributed by atoms with Gasteiger partial charge in [0.1, 0.15) is 0 Å². The van der Waals surface area contributed by atoms with Crippen molar-refractivity contribution < 1.29 is 23.9 Å². The monoisotopic (exact) mass is 374 g/mol. The second-order valence-corrected chi connectivity index (χ2v) is 5.79. The van der Waals surface area contributed by atoms with E-state index in [1.165, 1.54) is 27.4 Å². The van der Waals surface area contributed by atoms with Gasteiger partial charge in [0.15, 0.2) is 11.5 Å². The van der Waals surface area contributed by atoms with Crippen molar-refractivity contribution in [2.24, 2.45) is 0 Å². The molecule has 2 rings (SSSR count). The van der Waals surface area contributed by atoms with E-state index in [2.05, 4.69) is 5.32 Å². The zero-order chi connectivity index (χ0) is 20.0. The zero-order valence-electron chi connectivity index (χ0n) is 15.7. The van der Waals surface area contributed by atoms with Crippen molar-refractivity contribution in [2.75, 3.05) is 26.6 Å². The molecule has 27 heavy (non-hydrogen) atoms. The standard InChI is InChI=1S/C19H22N2O6/c1-12-14(6-5-7-15(12)21(23)24)20-18(22)9-8-13-10-16(25-2)19(27-4)17(11-13)26-3/h5-7,10-11H,8-9H2,1-4H3,(H,20,22). The molecule has 1 amide bonds. The molecule has 0 saturated carbocycles. The Labute approximate surface area is 157 Å². The Hall–Kier alpha value is -3.29. The molecular weight excluding hydrogens is 352 g/mol. The first kappa shape index (κ1) is 20.0. The lowest BCUT2D eigenvalue weighted by atomic mass is 10.1. The zero-order valence-corrected chi connectivity index (χ0v) is 15.7. The van der Waals surface area contributed by atoms with Crippen molar-refractivity contribution >= 4 is 17.3 Å². The number of nitrogens with zero attached hydrogens (tertiary/aromatic N) is 1. The van der Waals surface area contributed by atoms with Gasteiger partial charge in [-0.25, -0.2) is 0 Å². The maximum atomic E-state index is 12.3. The van der Waals surface area contributed by atoms with Crippen molar-refractivity contribution in [1.82, 2.24) is 0 Å². The third-order valence-corrected chi connectivity index (χ3v) is 4.14. The molecule has 2 aromatic carbocycles. The van der Waals surface area contributed by atoms with Gasteiger partial charge in [0.25, 0.3) is 5.69 Å². The lowest BCUT2D eigenvalue weighted by Crippen LogP contribution is -2.13. The second-order valence-electron chi connectivity index (χ2n) is 5.79. The Morgan fingerprint density at radius 3 is 2.26 bits per heavy atom. The number of carbonyl (C=O) groups is 1. The first-order chi connectivity index (χ1) is 12.9. The van der Waals surface area contributed by atoms with Gasteiger partial charge in [-0.05, 0) is 37.1 Å². The van der Waals surface area contributed by atoms with E-state index in [-0.39, 0.29) is 18.0 Å². The van der Waals surface area contributed by atoms with Crippen LogP contribution in [-0.2, 0) is 11.2 Å². The van der Waals surface area contributed by atoms with Crippen LogP contribution in [0, 0.1) is 17.0 Å². The lowest BCUT2D eigenvalue weighted by Gasteiger charge is -2.14. The Bertz CT molecular complexity index is 825. The maximum Gasteiger partial charge on any atom is 0.274 e. The van der Waals surface area contributed by atoms with Gasteiger partial charge in [0, 0.05) is 12.5 Å². The van der Waals surface area contributed by atoms with Crippen LogP contribution in [0.2, 0.25) is 0 Å². The first-order valence-electron chi connectivity index (χ1n) is 8.24. The molecule has 0 saturated heterocycles. The minimum absolute atomic E-state index is 0.0302. The minimum Gasteiger partial charge on any atom is -0.493 e. The summed E-state index contributed by atoms with van der Waals surface area (Å²) >= 11 is 0. The van der Waals surface area contributed by atoms with Crippen molar-refractivity contribution in [2.45, 2.75) is 19.8 Å². The van der Waals surface area contributed by atoms with Crippen LogP contribution in [0.25, 0.3) is 0 Å². The Kier molecular flexibility index (Phi) is 6.59. The van der Waals surface area contributed by atoms with Crippen LogP contribution in [0.15, 0.2) is 30.3 Å². The number of rotatable bonds is 8. The molecular formula is C19H22N2O6. The molecule has 0 aliphatic rings. The Balaban J connectivity index is 2.10. The average molecular weight is 374 g/mol. The summed E-state index contributed by atoms with van der Waals surface area (Å²) < 4.78 is 15.9. The summed E-state index contributed by atoms with van der Waals surface area (Å²) in [5, 5.41) is 13.7. The molecule has 0 aliphatic heterocycles. The summed E-state index contributed by atoms with van der Waals surface area (Å²) in [6.45, 7) is 1.60. The highest BCUT2D eigenvalue weighted by atomic mass is 16.6. The number of methoxy groups -OCH3 is 3. The van der Waals surface area contributed by atoms with Crippen LogP contribution in [0.3, 0.4) is 0 Å². The van der Waals surface area contributed by atoms with E-state index < -0.39 is 4.92 Å². The molecule has 0 radical (unpaired) electrons. The molecule has 0 aromatic heterocycles. The number of ether oxygens (including phenoxy) is 3. The molecule has 8 nitrogen and oxygen atoms in total. The number of nitrogens with one attached hydrogen (secondary N) is 1. The largest absolute Gasteiger partial charge is 0.493 e. The smallest absolute Gasteiger partial charge is 0.274 e. The number of anilines is 1. The summed E-state index contributed by atoms with van der Waals surface area (Å²) in [6, 6.07) is 8.15. The van der Waals surface area contributed by atoms with Crippen LogP contribution in [-0.4, -0.2) is 32.2 Å². The topological polar surface area (TPSA) is 99.9 Å². The van der Waals surface area contributed by atoms with Gasteiger partial charge in [-0.3, -0.25) is 14.9 Å². The second kappa shape index (κ2) is 8.88. The summed E-state index contributed by atoms with van der Waals surface area (Å²) in [5.41, 5.74) is 1.66. The number of amides is 1. The predicted molar refractivity (Wildman–Crippen MR) is 101 cm³/mol. The van der Waals surface area contributed by atoms with Gasteiger partial charge in [0.05, 0.1) is 37.5 Å². The molecule has 2 aromatic rings. The van der Waals surface area contributed by atoms with E-state index >= 15 is 0 Å². The fraction of sp³-hybridized carbons (Fsp3) is 0.316. The van der Waals surface area contributed by atoms with Crippen LogP contribution in [0.5, 0.6) is 17.2 Å². The summed E-state index contributed by atoms with van der Waals surface area (Å²) in [5.74, 6) is 1.27. The SMILES string of the molecule is COc1cc(CCC(=O)Nc2cccc([N+](=O)[O-])c2C)cc(OC)c1OC. The van der Waals surface area contributed by atoms with Gasteiger partial charge < -0.3 is 19.5 Å². The van der Waals surface area contributed by atoms with Gasteiger partial charge >= 0.3 is 0 Å². The fourth-order valence-electron chi connectivity index (χ4n) is 2.71. The quantitative estimate of drug-likeness (QED) is 0.561. The molecule has 0 aliphatic carbocycles. The Morgan fingerprint density at radius 2 is 1.74 bits per heavy atom. The van der Waals surface area contributed by atoms with Crippen LogP contribution in [0.1, 0.15) is 17.5 Å². The van der Waals surface area contributed by atoms with E-state index in [9.17, 15) is 14.9 Å². The van der Waals surface area contributed by atoms with Gasteiger partial charge in [-0.15, -0.1) is 0 Å². The van der Waals surface area contributed by atoms with Gasteiger partial charge in [-0.1, -0.05) is 6.07 Å². The summed E-state index contributed by atoms with van der Waals surface area (Å²) in [4.78, 5) is 22.8. The first-order valence-corrected chi connectivity index (χ1v) is 8.24. The molecule has 8 heteroatoms. The highest BCUT2D eigenvalue weighted by Gasteiger charge is 2.16. The number of carbonyl (C=O) groups excluding carboxylic acids is 1. The van der Waals surface area contributed by atoms with E-state index in [0.717, 1.165) is 5.56 Å². The summed E-state index contributed by atoms with van der Waals surface area (Å²) in [7, 11) is 4.58. The number of nitro groups is 1. The van der Waals surface area contributed by atoms with E-state index in [4.69, 9.17) is 14.2 Å². The molecule has 0 spiro atoms. The molecule has 144 valence electrons. The van der Waals surface area contributed by atoms with E-state index in [1.807, 2.05) is 0 Å². The number of aryl methyl sites for hydroxylation is 1. The van der Waals surface area contributed by atoms with E-state index in [1.54, 1.807) is 31.2 Å². The summed E-state index contributed by atoms with van der Waals surface area (Å²) in [6.07, 6.45) is 0.636. The third kappa shape index (κ3) is 4.66. The average Bonchev–Trinajstić information content (AvgIpc) is 2.66. The lowest BCUT2D eigenvalue weighted by molar-refractivity contribution is -0.385. The number of hydrogen-bond donors (Lipinski definition) is 1. The van der Waals surface area contributed by atoms with Crippen molar-refractivity contribution in [1.29, 1.82) is 0 Å². The van der Waals surface area contributed by atoms with Crippen molar-refractivity contribution in [3.63, 3.8) is 0 Å². The molecule has 0 heterocycles. The predicted octanol–water partition coefficient (Wildman–Crippen LogP) is 3.50. The maximum absolute atomic E-state index is 12.3. The number of nitro benzene ring substituents is 1. The highest BCUT2D eigenvalue weighted by molar-refractivity contribution is 5.92. The Morgan fingerprint density at radius 1 is 1.11 bits per heavy atom. The fourth-order valence-corrected chi connectivity index (χ4v) is 2.71. The third-order valence-electron chi connectivity index (χ3n) is 4.14. The molecule has 0 fully saturated rings. The van der Waals surface area contributed by atoms with Crippen LogP contribution >= 0.6 is 0 Å². The normalized spacial score (nSPS) is 10.2. The molecule has 0 atom stereocenters. The van der Waals surface area contributed by atoms with Gasteiger partial charge in [-0.2, -0.15) is 0 Å².